The summed E-state index contributed by atoms with van der Waals surface area (Å²) in [6.45, 7) is 2.20. The number of hydrogen-bond acceptors (Lipinski definition) is 4. The maximum atomic E-state index is 12.8. The maximum absolute atomic E-state index is 12.8. The molecule has 1 aromatic heterocycles. The van der Waals surface area contributed by atoms with Crippen molar-refractivity contribution in [3.05, 3.63) is 74.3 Å². The Balaban J connectivity index is 1.67. The molecule has 0 saturated carbocycles. The van der Waals surface area contributed by atoms with Crippen LogP contribution in [-0.2, 0) is 6.54 Å². The van der Waals surface area contributed by atoms with E-state index in [-0.39, 0.29) is 11.9 Å². The van der Waals surface area contributed by atoms with Gasteiger partial charge in [0.2, 0.25) is 0 Å². The van der Waals surface area contributed by atoms with E-state index in [0.29, 0.717) is 23.1 Å². The largest absolute Gasteiger partial charge is 0.345 e. The molecule has 7 heteroatoms. The monoisotopic (exact) mass is 381 g/mol. The summed E-state index contributed by atoms with van der Waals surface area (Å²) in [7, 11) is 0. The number of H-pyrrole nitrogens is 1. The number of thioether (sulfide) groups is 1. The lowest BCUT2D eigenvalue weighted by Crippen LogP contribution is -2.36. The fraction of sp³-hybridized carbons (Fsp3) is 0.250. The van der Waals surface area contributed by atoms with Gasteiger partial charge >= 0.3 is 11.1 Å². The van der Waals surface area contributed by atoms with E-state index in [1.165, 1.54) is 9.46 Å². The third-order valence-electron chi connectivity index (χ3n) is 4.82. The number of aromatic nitrogens is 2. The van der Waals surface area contributed by atoms with Crippen molar-refractivity contribution in [1.29, 1.82) is 0 Å². The Morgan fingerprint density at radius 2 is 2.07 bits per heavy atom. The Labute approximate surface area is 159 Å². The highest BCUT2D eigenvalue weighted by Gasteiger charge is 2.22. The molecule has 0 fully saturated rings. The summed E-state index contributed by atoms with van der Waals surface area (Å²) in [6.07, 6.45) is 0.868. The topological polar surface area (TPSA) is 84.0 Å². The number of carbonyl (C=O) groups excluding carboxylic acids is 1. The summed E-state index contributed by atoms with van der Waals surface area (Å²) in [4.78, 5) is 40.4. The molecule has 0 unspecified atom stereocenters. The fourth-order valence-electron chi connectivity index (χ4n) is 3.47. The number of benzene rings is 2. The van der Waals surface area contributed by atoms with Crippen LogP contribution in [0.15, 0.2) is 56.9 Å². The smallest absolute Gasteiger partial charge is 0.316 e. The second-order valence-corrected chi connectivity index (χ2v) is 7.57. The molecule has 0 spiro atoms. The van der Waals surface area contributed by atoms with Gasteiger partial charge in [0.1, 0.15) is 0 Å². The van der Waals surface area contributed by atoms with Crippen LogP contribution in [0.4, 0.5) is 0 Å². The normalized spacial score (nSPS) is 16.1. The number of aromatic amines is 1. The summed E-state index contributed by atoms with van der Waals surface area (Å²) in [5, 5.41) is 3.10. The lowest BCUT2D eigenvalue weighted by atomic mass is 10.0. The van der Waals surface area contributed by atoms with Gasteiger partial charge in [0.15, 0.2) is 0 Å². The van der Waals surface area contributed by atoms with E-state index in [1.54, 1.807) is 36.9 Å². The summed E-state index contributed by atoms with van der Waals surface area (Å²) >= 11 is 1.80. The van der Waals surface area contributed by atoms with Crippen LogP contribution in [-0.4, -0.2) is 21.2 Å². The summed E-state index contributed by atoms with van der Waals surface area (Å²) < 4.78 is 1.41. The predicted molar refractivity (Wildman–Crippen MR) is 106 cm³/mol. The van der Waals surface area contributed by atoms with Crippen molar-refractivity contribution in [3.63, 3.8) is 0 Å². The van der Waals surface area contributed by atoms with Gasteiger partial charge in [0, 0.05) is 22.8 Å². The van der Waals surface area contributed by atoms with E-state index < -0.39 is 11.1 Å². The van der Waals surface area contributed by atoms with Crippen molar-refractivity contribution in [2.24, 2.45) is 0 Å². The zero-order valence-electron chi connectivity index (χ0n) is 14.8. The number of rotatable bonds is 3. The van der Waals surface area contributed by atoms with Gasteiger partial charge in [-0.1, -0.05) is 18.2 Å². The Morgan fingerprint density at radius 3 is 2.89 bits per heavy atom. The van der Waals surface area contributed by atoms with E-state index in [1.807, 2.05) is 18.2 Å². The third kappa shape index (κ3) is 3.19. The molecule has 0 bridgehead atoms. The second kappa shape index (κ2) is 7.08. The highest BCUT2D eigenvalue weighted by atomic mass is 32.2. The van der Waals surface area contributed by atoms with Crippen LogP contribution in [0.25, 0.3) is 11.0 Å². The zero-order chi connectivity index (χ0) is 19.0. The Bertz CT molecular complexity index is 1150. The average Bonchev–Trinajstić information content (AvgIpc) is 2.69. The molecule has 1 atom stereocenters. The molecule has 27 heavy (non-hydrogen) atoms. The molecule has 2 N–H and O–H groups in total. The van der Waals surface area contributed by atoms with Gasteiger partial charge in [-0.3, -0.25) is 14.4 Å². The average molecular weight is 381 g/mol. The minimum Gasteiger partial charge on any atom is -0.345 e. The number of nitrogens with zero attached hydrogens (tertiary/aromatic N) is 1. The lowest BCUT2D eigenvalue weighted by Gasteiger charge is -2.26. The van der Waals surface area contributed by atoms with Crippen LogP contribution >= 0.6 is 11.8 Å². The van der Waals surface area contributed by atoms with E-state index in [0.717, 1.165) is 17.7 Å². The Morgan fingerprint density at radius 1 is 1.26 bits per heavy atom. The lowest BCUT2D eigenvalue weighted by molar-refractivity contribution is 0.0935. The molecular weight excluding hydrogens is 362 g/mol. The van der Waals surface area contributed by atoms with Crippen LogP contribution in [0, 0.1) is 0 Å². The number of aryl methyl sites for hydroxylation is 1. The van der Waals surface area contributed by atoms with Crippen LogP contribution in [0.1, 0.15) is 35.3 Å². The first kappa shape index (κ1) is 17.6. The van der Waals surface area contributed by atoms with Crippen LogP contribution in [0.2, 0.25) is 0 Å². The van der Waals surface area contributed by atoms with Gasteiger partial charge in [0.25, 0.3) is 5.91 Å². The first-order valence-electron chi connectivity index (χ1n) is 8.88. The summed E-state index contributed by atoms with van der Waals surface area (Å²) in [5.41, 5.74) is 1.41. The molecule has 2 aromatic carbocycles. The molecule has 2 heterocycles. The molecule has 138 valence electrons. The number of nitrogens with one attached hydrogen (secondary N) is 2. The Kier molecular flexibility index (Phi) is 4.61. The predicted octanol–water partition coefficient (Wildman–Crippen LogP) is 2.68. The molecule has 6 nitrogen and oxygen atoms in total. The number of fused-ring (bicyclic) bond motifs is 2. The van der Waals surface area contributed by atoms with Gasteiger partial charge in [-0.2, -0.15) is 0 Å². The Hall–Kier alpha value is -2.80. The standard InChI is InChI=1S/C20H19N3O3S/c1-2-23-16-8-7-12(11-15(16)22-19(25)20(23)26)18(24)21-14-9-10-27-17-6-4-3-5-13(14)17/h3-8,11,14H,2,9-10H2,1H3,(H,21,24)(H,22,25)/t14-/m1/s1. The van der Waals surface area contributed by atoms with Gasteiger partial charge < -0.3 is 14.9 Å². The van der Waals surface area contributed by atoms with Crippen molar-refractivity contribution in [3.8, 4) is 0 Å². The minimum atomic E-state index is -0.680. The third-order valence-corrected chi connectivity index (χ3v) is 5.94. The van der Waals surface area contributed by atoms with Crippen molar-refractivity contribution in [2.45, 2.75) is 30.8 Å². The van der Waals surface area contributed by atoms with Gasteiger partial charge in [-0.15, -0.1) is 11.8 Å². The number of carbonyl (C=O) groups is 1. The highest BCUT2D eigenvalue weighted by Crippen LogP contribution is 2.35. The van der Waals surface area contributed by atoms with Crippen molar-refractivity contribution >= 4 is 28.7 Å². The molecular formula is C20H19N3O3S. The first-order valence-corrected chi connectivity index (χ1v) is 9.86. The van der Waals surface area contributed by atoms with Crippen LogP contribution in [0.5, 0.6) is 0 Å². The molecule has 3 aromatic rings. The molecule has 1 aliphatic heterocycles. The van der Waals surface area contributed by atoms with Gasteiger partial charge in [-0.25, -0.2) is 0 Å². The van der Waals surface area contributed by atoms with E-state index in [2.05, 4.69) is 16.4 Å². The van der Waals surface area contributed by atoms with E-state index in [4.69, 9.17) is 0 Å². The van der Waals surface area contributed by atoms with Crippen molar-refractivity contribution in [1.82, 2.24) is 14.9 Å². The minimum absolute atomic E-state index is 0.0331. The van der Waals surface area contributed by atoms with Crippen molar-refractivity contribution < 1.29 is 4.79 Å². The van der Waals surface area contributed by atoms with Crippen molar-refractivity contribution in [2.75, 3.05) is 5.75 Å². The molecule has 0 aliphatic carbocycles. The summed E-state index contributed by atoms with van der Waals surface area (Å²) in [6, 6.07) is 13.1. The fourth-order valence-corrected chi connectivity index (χ4v) is 4.59. The number of amides is 1. The van der Waals surface area contributed by atoms with Gasteiger partial charge in [-0.05, 0) is 43.2 Å². The molecule has 1 aliphatic rings. The van der Waals surface area contributed by atoms with Crippen LogP contribution in [0.3, 0.4) is 0 Å². The highest BCUT2D eigenvalue weighted by molar-refractivity contribution is 7.99. The van der Waals surface area contributed by atoms with E-state index in [9.17, 15) is 14.4 Å². The summed E-state index contributed by atoms with van der Waals surface area (Å²) in [5.74, 6) is 0.758. The van der Waals surface area contributed by atoms with Crippen LogP contribution < -0.4 is 16.4 Å². The molecule has 0 saturated heterocycles. The number of hydrogen-bond donors (Lipinski definition) is 2. The molecule has 1 amide bonds. The second-order valence-electron chi connectivity index (χ2n) is 6.44. The zero-order valence-corrected chi connectivity index (χ0v) is 15.6. The molecule has 4 rings (SSSR count). The quantitative estimate of drug-likeness (QED) is 0.683. The van der Waals surface area contributed by atoms with Gasteiger partial charge in [0.05, 0.1) is 17.1 Å². The molecule has 0 radical (unpaired) electrons. The maximum Gasteiger partial charge on any atom is 0.316 e. The van der Waals surface area contributed by atoms with E-state index >= 15 is 0 Å². The first-order chi connectivity index (χ1) is 13.1. The SMILES string of the molecule is CCn1c(=O)c(=O)[nH]c2cc(C(=O)N[C@@H]3CCSc4ccccc43)ccc21.